The van der Waals surface area contributed by atoms with Gasteiger partial charge in [0.2, 0.25) is 0 Å². The molecule has 0 saturated heterocycles. The van der Waals surface area contributed by atoms with Crippen LogP contribution >= 0.6 is 0 Å². The maximum atomic E-state index is 3.31. The zero-order valence-corrected chi connectivity index (χ0v) is 13.1. The minimum atomic E-state index is 0.560. The fourth-order valence-electron chi connectivity index (χ4n) is 2.91. The van der Waals surface area contributed by atoms with Crippen molar-refractivity contribution in [1.29, 1.82) is 0 Å². The third-order valence-corrected chi connectivity index (χ3v) is 4.72. The van der Waals surface area contributed by atoms with Crippen LogP contribution in [0.15, 0.2) is 30.3 Å². The first-order chi connectivity index (χ1) is 8.70. The van der Waals surface area contributed by atoms with Gasteiger partial charge in [-0.1, -0.05) is 0 Å². The molecule has 2 heteroatoms. The molecule has 1 fully saturated rings. The number of benzene rings is 1. The molecule has 1 aromatic rings. The summed E-state index contributed by atoms with van der Waals surface area (Å²) in [5, 5.41) is 0. The van der Waals surface area contributed by atoms with Crippen LogP contribution in [0.2, 0.25) is 0 Å². The van der Waals surface area contributed by atoms with Crippen molar-refractivity contribution in [1.82, 2.24) is 4.90 Å². The Balaban J connectivity index is 2.17. The summed E-state index contributed by atoms with van der Waals surface area (Å²) in [6.07, 6.45) is 6.87. The fourth-order valence-corrected chi connectivity index (χ4v) is 3.95. The summed E-state index contributed by atoms with van der Waals surface area (Å²) >= 11 is 3.31. The molecule has 0 aliphatic heterocycles. The van der Waals surface area contributed by atoms with Gasteiger partial charge in [0, 0.05) is 0 Å². The van der Waals surface area contributed by atoms with Crippen molar-refractivity contribution >= 4 is 20.1 Å². The van der Waals surface area contributed by atoms with Crippen molar-refractivity contribution in [2.24, 2.45) is 0 Å². The van der Waals surface area contributed by atoms with Crippen molar-refractivity contribution in [3.8, 4) is 0 Å². The molecule has 1 aliphatic rings. The van der Waals surface area contributed by atoms with Crippen LogP contribution in [-0.4, -0.2) is 37.1 Å². The normalized spacial score (nSPS) is 16.8. The van der Waals surface area contributed by atoms with Crippen molar-refractivity contribution < 1.29 is 0 Å². The van der Waals surface area contributed by atoms with Crippen LogP contribution in [0.5, 0.6) is 0 Å². The van der Waals surface area contributed by atoms with E-state index in [-0.39, 0.29) is 0 Å². The van der Waals surface area contributed by atoms with Crippen LogP contribution in [0.1, 0.15) is 51.5 Å². The maximum absolute atomic E-state index is 3.31. The zero-order chi connectivity index (χ0) is 13.0. The van der Waals surface area contributed by atoms with E-state index in [0.717, 1.165) is 6.04 Å². The Labute approximate surface area is 119 Å². The van der Waals surface area contributed by atoms with E-state index >= 15 is 0 Å². The van der Waals surface area contributed by atoms with E-state index in [1.54, 1.807) is 0 Å². The predicted octanol–water partition coefficient (Wildman–Crippen LogP) is 3.38. The topological polar surface area (TPSA) is 3.24 Å². The van der Waals surface area contributed by atoms with E-state index < -0.39 is 0 Å². The second kappa shape index (κ2) is 6.54. The minimum absolute atomic E-state index is 0.560. The molecule has 1 aromatic carbocycles. The molecule has 1 nitrogen and oxygen atoms in total. The third-order valence-electron chi connectivity index (χ3n) is 3.78. The second-order valence-electron chi connectivity index (χ2n) is 5.46. The molecule has 0 amide bonds. The van der Waals surface area contributed by atoms with Crippen LogP contribution in [0.4, 0.5) is 0 Å². The summed E-state index contributed by atoms with van der Waals surface area (Å²) in [6.45, 7) is 4.60. The summed E-state index contributed by atoms with van der Waals surface area (Å²) in [6, 6.07) is 12.0. The Kier molecular flexibility index (Phi) is 5.03. The molecule has 0 spiro atoms. The summed E-state index contributed by atoms with van der Waals surface area (Å²) in [5.41, 5.74) is 1.32. The molecular formula is C16H23NSe. The molecular weight excluding hydrogens is 285 g/mol. The molecule has 0 radical (unpaired) electrons. The van der Waals surface area contributed by atoms with E-state index in [9.17, 15) is 0 Å². The summed E-state index contributed by atoms with van der Waals surface area (Å²) < 4.78 is 1.32. The van der Waals surface area contributed by atoms with Gasteiger partial charge in [-0.2, -0.15) is 0 Å². The average molecular weight is 308 g/mol. The monoisotopic (exact) mass is 309 g/mol. The van der Waals surface area contributed by atoms with E-state index in [1.807, 2.05) is 0 Å². The molecule has 0 atom stereocenters. The van der Waals surface area contributed by atoms with E-state index in [4.69, 9.17) is 0 Å². The summed E-state index contributed by atoms with van der Waals surface area (Å²) in [7, 11) is 0. The fraction of sp³-hybridized carbons (Fsp3) is 0.562. The van der Waals surface area contributed by atoms with E-state index in [1.165, 1.54) is 42.2 Å². The second-order valence-corrected chi connectivity index (χ2v) is 6.28. The van der Waals surface area contributed by atoms with Gasteiger partial charge in [0.15, 0.2) is 0 Å². The van der Waals surface area contributed by atoms with Gasteiger partial charge < -0.3 is 0 Å². The van der Waals surface area contributed by atoms with Gasteiger partial charge in [-0.05, 0) is 0 Å². The Morgan fingerprint density at radius 2 is 1.72 bits per heavy atom. The molecule has 1 saturated carbocycles. The van der Waals surface area contributed by atoms with Gasteiger partial charge in [-0.25, -0.2) is 0 Å². The molecule has 18 heavy (non-hydrogen) atoms. The van der Waals surface area contributed by atoms with Crippen molar-refractivity contribution in [2.75, 3.05) is 0 Å². The van der Waals surface area contributed by atoms with Gasteiger partial charge in [0.05, 0.1) is 0 Å². The first kappa shape index (κ1) is 13.8. The van der Waals surface area contributed by atoms with Gasteiger partial charge >= 0.3 is 119 Å². The van der Waals surface area contributed by atoms with E-state index in [0.29, 0.717) is 6.04 Å². The number of nitrogens with zero attached hydrogens (tertiary/aromatic N) is 1. The molecule has 2 rings (SSSR count). The van der Waals surface area contributed by atoms with E-state index in [2.05, 4.69) is 64.7 Å². The Morgan fingerprint density at radius 3 is 2.28 bits per heavy atom. The first-order valence-electron chi connectivity index (χ1n) is 7.08. The molecule has 0 aromatic heterocycles. The van der Waals surface area contributed by atoms with Crippen molar-refractivity contribution in [3.63, 3.8) is 0 Å². The molecule has 0 N–H and O–H groups in total. The van der Waals surface area contributed by atoms with Crippen molar-refractivity contribution in [2.45, 2.75) is 58.0 Å². The summed E-state index contributed by atoms with van der Waals surface area (Å²) in [4.78, 5) is 2.59. The quantitative estimate of drug-likeness (QED) is 0.771. The molecule has 0 heterocycles. The molecule has 98 valence electrons. The standard InChI is InChI=1S/C16H23NSe/c1-13(2)17(15-11-7-4-8-12-15)16(18)14-9-5-3-6-10-14/h3,5-6,9-10,13,15H,4,7-8,11-12H2,1-2H3. The number of hydrogen-bond donors (Lipinski definition) is 0. The Bertz CT molecular complexity index is 379. The van der Waals surface area contributed by atoms with Gasteiger partial charge in [0.25, 0.3) is 0 Å². The van der Waals surface area contributed by atoms with Gasteiger partial charge in [-0.15, -0.1) is 0 Å². The van der Waals surface area contributed by atoms with Gasteiger partial charge in [0.1, 0.15) is 0 Å². The molecule has 1 aliphatic carbocycles. The van der Waals surface area contributed by atoms with Gasteiger partial charge in [-0.3, -0.25) is 0 Å². The summed E-state index contributed by atoms with van der Waals surface area (Å²) in [5.74, 6) is 0. The van der Waals surface area contributed by atoms with Crippen LogP contribution in [0.25, 0.3) is 0 Å². The predicted molar refractivity (Wildman–Crippen MR) is 80.2 cm³/mol. The molecule has 0 unspecified atom stereocenters. The third kappa shape index (κ3) is 3.24. The molecule has 0 bridgehead atoms. The SMILES string of the molecule is CC(C)N(C(=[Se])c1ccccc1)C1CCCCC1. The van der Waals surface area contributed by atoms with Crippen LogP contribution in [0.3, 0.4) is 0 Å². The average Bonchev–Trinajstić information content (AvgIpc) is 2.40. The Hall–Kier alpha value is -0.591. The zero-order valence-electron chi connectivity index (χ0n) is 11.4. The first-order valence-corrected chi connectivity index (χ1v) is 7.93. The number of rotatable bonds is 4. The van der Waals surface area contributed by atoms with Crippen LogP contribution in [-0.2, 0) is 0 Å². The van der Waals surface area contributed by atoms with Crippen LogP contribution < -0.4 is 0 Å². The van der Waals surface area contributed by atoms with Crippen molar-refractivity contribution in [3.05, 3.63) is 35.9 Å². The Morgan fingerprint density at radius 1 is 1.11 bits per heavy atom. The number of hydrogen-bond acceptors (Lipinski definition) is 1. The van der Waals surface area contributed by atoms with Crippen LogP contribution in [0, 0.1) is 0 Å².